The van der Waals surface area contributed by atoms with Crippen molar-refractivity contribution in [3.05, 3.63) is 237 Å². The summed E-state index contributed by atoms with van der Waals surface area (Å²) in [7, 11) is -3.34. The van der Waals surface area contributed by atoms with Crippen LogP contribution in [0.2, 0.25) is 0 Å². The highest BCUT2D eigenvalue weighted by molar-refractivity contribution is 7.86. The number of aromatic nitrogens is 1. The Morgan fingerprint density at radius 2 is 0.887 bits per heavy atom. The lowest BCUT2D eigenvalue weighted by Gasteiger charge is -2.26. The molecule has 292 valence electrons. The van der Waals surface area contributed by atoms with E-state index in [0.717, 1.165) is 82.4 Å². The maximum Gasteiger partial charge on any atom is 0.174 e. The first-order valence-electron chi connectivity index (χ1n) is 21.1. The molecule has 62 heavy (non-hydrogen) atoms. The molecule has 0 fully saturated rings. The van der Waals surface area contributed by atoms with E-state index in [1.807, 2.05) is 30.3 Å². The molecule has 1 atom stereocenters. The second-order valence-corrected chi connectivity index (χ2v) is 18.7. The van der Waals surface area contributed by atoms with Crippen molar-refractivity contribution in [2.24, 2.45) is 0 Å². The molecule has 3 nitrogen and oxygen atoms in total. The van der Waals surface area contributed by atoms with Crippen LogP contribution in [0.3, 0.4) is 0 Å². The Labute approximate surface area is 360 Å². The molecule has 10 aromatic carbocycles. The Hall–Kier alpha value is -7.71. The highest BCUT2D eigenvalue weighted by atomic mass is 31.2. The molecule has 1 unspecified atom stereocenters. The lowest BCUT2D eigenvalue weighted by atomic mass is 9.97. The van der Waals surface area contributed by atoms with Gasteiger partial charge in [-0.15, -0.1) is 0 Å². The largest absolute Gasteiger partial charge is 0.311 e. The van der Waals surface area contributed by atoms with Gasteiger partial charge in [-0.05, 0) is 99.3 Å². The molecule has 1 aliphatic rings. The summed E-state index contributed by atoms with van der Waals surface area (Å²) in [5.74, 6) is 0. The number of nitrogens with zero attached hydrogens (tertiary/aromatic N) is 2. The van der Waals surface area contributed by atoms with Crippen LogP contribution in [-0.2, 0) is 4.57 Å². The fraction of sp³-hybridized carbons (Fsp3) is 0. The SMILES string of the molecule is O=P1(c2ccccc2)c2ccc3ccccc3c2-c2ccc3c4ccccc4n(-c4ccc(N(c5ccc(-c6ccccc6)cc5)c5ccc(-c6ccccc6)cc5)cc4)c3c21. The van der Waals surface area contributed by atoms with Crippen molar-refractivity contribution in [1.82, 2.24) is 4.57 Å². The quantitative estimate of drug-likeness (QED) is 0.150. The molecule has 0 saturated heterocycles. The van der Waals surface area contributed by atoms with E-state index in [0.29, 0.717) is 0 Å². The van der Waals surface area contributed by atoms with Crippen molar-refractivity contribution < 1.29 is 4.57 Å². The Bertz CT molecular complexity index is 3420. The van der Waals surface area contributed by atoms with Crippen molar-refractivity contribution in [2.75, 3.05) is 4.90 Å². The minimum Gasteiger partial charge on any atom is -0.311 e. The Morgan fingerprint density at radius 1 is 0.387 bits per heavy atom. The van der Waals surface area contributed by atoms with Crippen LogP contribution in [0.25, 0.3) is 71.6 Å². The fourth-order valence-corrected chi connectivity index (χ4v) is 13.0. The van der Waals surface area contributed by atoms with Crippen LogP contribution < -0.4 is 20.8 Å². The summed E-state index contributed by atoms with van der Waals surface area (Å²) in [4.78, 5) is 2.32. The number of anilines is 3. The van der Waals surface area contributed by atoms with E-state index in [2.05, 4.69) is 216 Å². The van der Waals surface area contributed by atoms with Gasteiger partial charge < -0.3 is 14.0 Å². The third-order valence-electron chi connectivity index (χ3n) is 12.6. The molecule has 2 heterocycles. The smallest absolute Gasteiger partial charge is 0.174 e. The van der Waals surface area contributed by atoms with Crippen molar-refractivity contribution in [3.8, 4) is 39.1 Å². The predicted molar refractivity (Wildman–Crippen MR) is 262 cm³/mol. The second-order valence-electron chi connectivity index (χ2n) is 16.0. The number of benzene rings is 10. The molecular weight excluding hydrogens is 772 g/mol. The maximum atomic E-state index is 16.4. The van der Waals surface area contributed by atoms with Gasteiger partial charge in [0.05, 0.1) is 16.3 Å². The molecule has 0 aliphatic carbocycles. The fourth-order valence-electron chi connectivity index (χ4n) is 9.73. The first-order chi connectivity index (χ1) is 30.6. The van der Waals surface area contributed by atoms with Crippen LogP contribution in [0.15, 0.2) is 237 Å². The van der Waals surface area contributed by atoms with Crippen LogP contribution >= 0.6 is 7.14 Å². The predicted octanol–water partition coefficient (Wildman–Crippen LogP) is 14.4. The van der Waals surface area contributed by atoms with Crippen molar-refractivity contribution >= 4 is 72.7 Å². The Balaban J connectivity index is 1.05. The Morgan fingerprint density at radius 3 is 1.50 bits per heavy atom. The highest BCUT2D eigenvalue weighted by Crippen LogP contribution is 2.56. The molecule has 0 spiro atoms. The number of hydrogen-bond acceptors (Lipinski definition) is 2. The average Bonchev–Trinajstić information content (AvgIpc) is 3.83. The third-order valence-corrected chi connectivity index (χ3v) is 15.8. The van der Waals surface area contributed by atoms with E-state index in [1.165, 1.54) is 22.3 Å². The van der Waals surface area contributed by atoms with E-state index in [-0.39, 0.29) is 0 Å². The average molecular weight is 811 g/mol. The normalized spacial score (nSPS) is 14.3. The molecule has 4 heteroatoms. The summed E-state index contributed by atoms with van der Waals surface area (Å²) in [6.07, 6.45) is 0. The molecule has 1 aliphatic heterocycles. The lowest BCUT2D eigenvalue weighted by molar-refractivity contribution is 0.593. The van der Waals surface area contributed by atoms with Crippen LogP contribution in [0.5, 0.6) is 0 Å². The number of rotatable bonds is 7. The van der Waals surface area contributed by atoms with E-state index >= 15 is 4.57 Å². The van der Waals surface area contributed by atoms with E-state index in [4.69, 9.17) is 0 Å². The zero-order chi connectivity index (χ0) is 41.2. The van der Waals surface area contributed by atoms with Gasteiger partial charge in [0.25, 0.3) is 0 Å². The lowest BCUT2D eigenvalue weighted by Crippen LogP contribution is -2.22. The van der Waals surface area contributed by atoms with Crippen LogP contribution in [0.4, 0.5) is 17.1 Å². The molecule has 0 bridgehead atoms. The Kier molecular flexibility index (Phi) is 8.45. The number of fused-ring (bicyclic) bond motifs is 9. The summed E-state index contributed by atoms with van der Waals surface area (Å²) in [6.45, 7) is 0. The van der Waals surface area contributed by atoms with Crippen molar-refractivity contribution in [1.29, 1.82) is 0 Å². The summed E-state index contributed by atoms with van der Waals surface area (Å²) in [6, 6.07) is 83.5. The van der Waals surface area contributed by atoms with E-state index in [1.54, 1.807) is 0 Å². The molecule has 12 rings (SSSR count). The summed E-state index contributed by atoms with van der Waals surface area (Å²) < 4.78 is 18.8. The third kappa shape index (κ3) is 5.63. The number of hydrogen-bond donors (Lipinski definition) is 0. The van der Waals surface area contributed by atoms with Gasteiger partial charge in [-0.3, -0.25) is 0 Å². The van der Waals surface area contributed by atoms with E-state index in [9.17, 15) is 0 Å². The molecule has 11 aromatic rings. The molecule has 1 aromatic heterocycles. The molecule has 0 amide bonds. The molecule has 0 saturated carbocycles. The summed E-state index contributed by atoms with van der Waals surface area (Å²) in [5, 5.41) is 7.16. The van der Waals surface area contributed by atoms with Gasteiger partial charge in [-0.1, -0.05) is 176 Å². The first-order valence-corrected chi connectivity index (χ1v) is 22.8. The van der Waals surface area contributed by atoms with Gasteiger partial charge in [-0.25, -0.2) is 0 Å². The standard InChI is InChI=1S/C58H39N2OP/c61-62(49-19-8-3-9-20-49)55-39-28-44-18-10-11-21-50(44)56(55)53-38-37-52-51-22-12-13-23-54(51)60(57(52)58(53)62)48-35-33-47(34-36-48)59(45-29-24-42(25-30-45)40-14-4-1-5-15-40)46-31-26-43(27-32-46)41-16-6-2-7-17-41/h1-39H. The van der Waals surface area contributed by atoms with Gasteiger partial charge in [0.1, 0.15) is 0 Å². The molecule has 0 N–H and O–H groups in total. The summed E-state index contributed by atoms with van der Waals surface area (Å²) in [5.41, 5.74) is 13.1. The first kappa shape index (κ1) is 36.2. The number of para-hydroxylation sites is 1. The van der Waals surface area contributed by atoms with Gasteiger partial charge in [0, 0.05) is 49.7 Å². The van der Waals surface area contributed by atoms with E-state index < -0.39 is 7.14 Å². The van der Waals surface area contributed by atoms with Gasteiger partial charge >= 0.3 is 0 Å². The van der Waals surface area contributed by atoms with Crippen molar-refractivity contribution in [2.45, 2.75) is 0 Å². The second kappa shape index (κ2) is 14.5. The topological polar surface area (TPSA) is 25.2 Å². The monoisotopic (exact) mass is 810 g/mol. The van der Waals surface area contributed by atoms with Crippen LogP contribution in [-0.4, -0.2) is 4.57 Å². The van der Waals surface area contributed by atoms with Crippen LogP contribution in [0.1, 0.15) is 0 Å². The summed E-state index contributed by atoms with van der Waals surface area (Å²) >= 11 is 0. The van der Waals surface area contributed by atoms with Crippen molar-refractivity contribution in [3.63, 3.8) is 0 Å². The van der Waals surface area contributed by atoms with Gasteiger partial charge in [0.15, 0.2) is 7.14 Å². The molecular formula is C58H39N2OP. The zero-order valence-corrected chi connectivity index (χ0v) is 34.7. The van der Waals surface area contributed by atoms with Gasteiger partial charge in [0.2, 0.25) is 0 Å². The minimum absolute atomic E-state index is 0.849. The van der Waals surface area contributed by atoms with Gasteiger partial charge in [-0.2, -0.15) is 0 Å². The highest BCUT2D eigenvalue weighted by Gasteiger charge is 2.43. The molecule has 0 radical (unpaired) electrons. The zero-order valence-electron chi connectivity index (χ0n) is 33.8. The minimum atomic E-state index is -3.34. The maximum absolute atomic E-state index is 16.4. The van der Waals surface area contributed by atoms with Crippen LogP contribution in [0, 0.1) is 0 Å².